The van der Waals surface area contributed by atoms with E-state index in [4.69, 9.17) is 0 Å². The molecule has 2 unspecified atom stereocenters. The fourth-order valence-corrected chi connectivity index (χ4v) is 6.46. The maximum atomic E-state index is 13.6. The van der Waals surface area contributed by atoms with E-state index in [2.05, 4.69) is 56.1 Å². The van der Waals surface area contributed by atoms with Crippen molar-refractivity contribution in [3.8, 4) is 0 Å². The van der Waals surface area contributed by atoms with Gasteiger partial charge < -0.3 is 10.3 Å². The van der Waals surface area contributed by atoms with E-state index in [-0.39, 0.29) is 43.6 Å². The van der Waals surface area contributed by atoms with Gasteiger partial charge in [0.15, 0.2) is 5.82 Å². The Morgan fingerprint density at radius 2 is 1.70 bits per heavy atom. The highest BCUT2D eigenvalue weighted by atomic mass is 19.3. The molecule has 2 saturated heterocycles. The second kappa shape index (κ2) is 10.7. The fourth-order valence-electron chi connectivity index (χ4n) is 6.46. The highest BCUT2D eigenvalue weighted by Crippen LogP contribution is 2.37. The van der Waals surface area contributed by atoms with Gasteiger partial charge in [0.2, 0.25) is 11.8 Å². The van der Waals surface area contributed by atoms with Crippen LogP contribution in [-0.4, -0.2) is 63.3 Å². The lowest BCUT2D eigenvalue weighted by Gasteiger charge is -2.43. The summed E-state index contributed by atoms with van der Waals surface area (Å²) in [6.45, 7) is 9.10. The minimum Gasteiger partial charge on any atom is -0.349 e. The van der Waals surface area contributed by atoms with E-state index in [1.807, 2.05) is 25.1 Å². The third kappa shape index (κ3) is 5.66. The summed E-state index contributed by atoms with van der Waals surface area (Å²) in [4.78, 5) is 15.7. The Kier molecular flexibility index (Phi) is 7.52. The normalized spacial score (nSPS) is 25.0. The molecule has 1 aromatic heterocycles. The quantitative estimate of drug-likeness (QED) is 0.559. The number of carbonyl (C=O) groups is 1. The molecule has 37 heavy (non-hydrogen) atoms. The van der Waals surface area contributed by atoms with Gasteiger partial charge in [-0.2, -0.15) is 0 Å². The molecule has 0 spiro atoms. The van der Waals surface area contributed by atoms with Gasteiger partial charge in [-0.25, -0.2) is 13.5 Å². The van der Waals surface area contributed by atoms with Gasteiger partial charge in [0, 0.05) is 43.3 Å². The number of rotatable bonds is 8. The number of hydrogen-bond donors (Lipinski definition) is 1. The number of hydrogen-bond acceptors (Lipinski definition) is 5. The van der Waals surface area contributed by atoms with Crippen molar-refractivity contribution in [2.45, 2.75) is 95.7 Å². The molecule has 7 nitrogen and oxygen atoms in total. The number of benzene rings is 1. The molecule has 3 fully saturated rings. The van der Waals surface area contributed by atoms with Crippen molar-refractivity contribution in [3.05, 3.63) is 47.5 Å². The zero-order valence-electron chi connectivity index (χ0n) is 22.2. The lowest BCUT2D eigenvalue weighted by atomic mass is 9.86. The van der Waals surface area contributed by atoms with Crippen LogP contribution in [0, 0.1) is 12.8 Å². The largest absolute Gasteiger partial charge is 0.349 e. The first-order valence-electron chi connectivity index (χ1n) is 13.9. The summed E-state index contributed by atoms with van der Waals surface area (Å²) < 4.78 is 29.5. The van der Waals surface area contributed by atoms with Crippen molar-refractivity contribution in [2.24, 2.45) is 5.92 Å². The summed E-state index contributed by atoms with van der Waals surface area (Å²) in [7, 11) is 0. The van der Waals surface area contributed by atoms with Crippen molar-refractivity contribution in [1.82, 2.24) is 25.1 Å². The third-order valence-electron chi connectivity index (χ3n) is 8.52. The van der Waals surface area contributed by atoms with Crippen LogP contribution in [0.5, 0.6) is 0 Å². The Morgan fingerprint density at radius 1 is 1.05 bits per heavy atom. The average Bonchev–Trinajstić information content (AvgIpc) is 3.37. The lowest BCUT2D eigenvalue weighted by Crippen LogP contribution is -2.58. The Hall–Kier alpha value is -2.55. The number of aryl methyl sites for hydroxylation is 1. The number of nitrogens with zero attached hydrogens (tertiary/aromatic N) is 5. The van der Waals surface area contributed by atoms with Crippen molar-refractivity contribution in [3.63, 3.8) is 0 Å². The topological polar surface area (TPSA) is 66.3 Å². The molecule has 1 saturated carbocycles. The second-order valence-corrected chi connectivity index (χ2v) is 11.5. The van der Waals surface area contributed by atoms with Crippen LogP contribution >= 0.6 is 0 Å². The molecule has 1 N–H and O–H groups in total. The minimum atomic E-state index is -2.63. The van der Waals surface area contributed by atoms with E-state index in [0.29, 0.717) is 18.0 Å². The molecule has 202 valence electrons. The van der Waals surface area contributed by atoms with Crippen LogP contribution in [0.25, 0.3) is 0 Å². The number of amides is 1. The number of piperazine rings is 1. The Labute approximate surface area is 218 Å². The van der Waals surface area contributed by atoms with Gasteiger partial charge in [-0.15, -0.1) is 10.2 Å². The number of alkyl halides is 2. The fraction of sp³-hybridized carbons (Fsp3) is 0.679. The average molecular weight is 515 g/mol. The number of aromatic nitrogens is 3. The molecule has 1 amide bonds. The number of fused-ring (bicyclic) bond motifs is 2. The molecule has 9 heteroatoms. The predicted molar refractivity (Wildman–Crippen MR) is 139 cm³/mol. The molecule has 2 aliphatic heterocycles. The molecule has 3 aliphatic rings. The van der Waals surface area contributed by atoms with Crippen molar-refractivity contribution in [2.75, 3.05) is 24.6 Å². The predicted octanol–water partition coefficient (Wildman–Crippen LogP) is 4.57. The maximum Gasteiger partial charge on any atom is 0.248 e. The summed E-state index contributed by atoms with van der Waals surface area (Å²) in [5.74, 6) is -0.781. The second-order valence-electron chi connectivity index (χ2n) is 11.5. The number of nitrogens with one attached hydrogen (secondary N) is 1. The summed E-state index contributed by atoms with van der Waals surface area (Å²) >= 11 is 0. The molecular weight excluding hydrogens is 474 g/mol. The zero-order valence-corrected chi connectivity index (χ0v) is 22.2. The summed E-state index contributed by atoms with van der Waals surface area (Å²) in [6.07, 6.45) is 3.25. The van der Waals surface area contributed by atoms with Gasteiger partial charge in [-0.3, -0.25) is 9.69 Å². The molecule has 1 aromatic carbocycles. The van der Waals surface area contributed by atoms with E-state index in [1.54, 1.807) is 0 Å². The van der Waals surface area contributed by atoms with Gasteiger partial charge >= 0.3 is 0 Å². The van der Waals surface area contributed by atoms with Crippen molar-refractivity contribution in [1.29, 1.82) is 0 Å². The summed E-state index contributed by atoms with van der Waals surface area (Å²) in [6, 6.07) is 10.8. The maximum absolute atomic E-state index is 13.6. The first-order valence-corrected chi connectivity index (χ1v) is 13.9. The van der Waals surface area contributed by atoms with E-state index < -0.39 is 5.92 Å². The molecule has 5 rings (SSSR count). The molecule has 3 heterocycles. The molecular formula is C28H40F2N6O. The lowest BCUT2D eigenvalue weighted by molar-refractivity contribution is -0.130. The van der Waals surface area contributed by atoms with Crippen molar-refractivity contribution < 1.29 is 13.6 Å². The Balaban J connectivity index is 1.24. The SMILES string of the molecule is Cc1nnc(C(C)C)n1N1CC2CCC(C1)N2CC[C@H](NC(=O)C1CCC(F)(F)CC1)c1ccccc1. The highest BCUT2D eigenvalue weighted by molar-refractivity contribution is 5.79. The molecule has 1 aliphatic carbocycles. The van der Waals surface area contributed by atoms with Crippen LogP contribution in [0.3, 0.4) is 0 Å². The van der Waals surface area contributed by atoms with Gasteiger partial charge in [-0.1, -0.05) is 44.2 Å². The molecule has 2 bridgehead atoms. The molecule has 2 aromatic rings. The number of halogens is 2. The van der Waals surface area contributed by atoms with Crippen LogP contribution < -0.4 is 10.3 Å². The van der Waals surface area contributed by atoms with Gasteiger partial charge in [0.05, 0.1) is 19.1 Å². The van der Waals surface area contributed by atoms with Gasteiger partial charge in [-0.05, 0) is 44.6 Å². The van der Waals surface area contributed by atoms with Crippen LogP contribution in [0.2, 0.25) is 0 Å². The monoisotopic (exact) mass is 514 g/mol. The molecule has 3 atom stereocenters. The van der Waals surface area contributed by atoms with E-state index in [1.165, 1.54) is 0 Å². The van der Waals surface area contributed by atoms with Gasteiger partial charge in [0.1, 0.15) is 5.82 Å². The van der Waals surface area contributed by atoms with Crippen LogP contribution in [0.4, 0.5) is 8.78 Å². The Bertz CT molecular complexity index is 1050. The minimum absolute atomic E-state index is 0.0820. The van der Waals surface area contributed by atoms with E-state index >= 15 is 0 Å². The third-order valence-corrected chi connectivity index (χ3v) is 8.52. The highest BCUT2D eigenvalue weighted by Gasteiger charge is 2.41. The van der Waals surface area contributed by atoms with Gasteiger partial charge in [0.25, 0.3) is 0 Å². The zero-order chi connectivity index (χ0) is 26.2. The first kappa shape index (κ1) is 26.1. The summed E-state index contributed by atoms with van der Waals surface area (Å²) in [5, 5.41) is 14.4. The van der Waals surface area contributed by atoms with Crippen molar-refractivity contribution >= 4 is 5.91 Å². The van der Waals surface area contributed by atoms with Crippen LogP contribution in [0.15, 0.2) is 30.3 Å². The number of carbonyl (C=O) groups excluding carboxylic acids is 1. The standard InChI is InChI=1S/C28H40F2N6O/c1-19(2)26-33-32-20(3)36(26)34-17-23-9-10-24(18-34)35(23)16-13-25(21-7-5-4-6-8-21)31-27(37)22-11-14-28(29,30)15-12-22/h4-8,19,22-25H,9-18H2,1-3H3,(H,31,37)/t23?,24?,25-/m0/s1. The first-order chi connectivity index (χ1) is 17.7. The summed E-state index contributed by atoms with van der Waals surface area (Å²) in [5.41, 5.74) is 1.07. The smallest absolute Gasteiger partial charge is 0.248 e. The van der Waals surface area contributed by atoms with Crippen LogP contribution in [-0.2, 0) is 4.79 Å². The van der Waals surface area contributed by atoms with Crippen LogP contribution in [0.1, 0.15) is 88.0 Å². The molecule has 0 radical (unpaired) electrons. The Morgan fingerprint density at radius 3 is 2.32 bits per heavy atom. The van der Waals surface area contributed by atoms with E-state index in [9.17, 15) is 13.6 Å². The van der Waals surface area contributed by atoms with E-state index in [0.717, 1.165) is 56.1 Å².